The first-order valence-corrected chi connectivity index (χ1v) is 4.92. The van der Waals surface area contributed by atoms with E-state index in [1.165, 1.54) is 6.07 Å². The second kappa shape index (κ2) is 5.76. The van der Waals surface area contributed by atoms with Crippen LogP contribution in [0.3, 0.4) is 0 Å². The number of ether oxygens (including phenoxy) is 1. The van der Waals surface area contributed by atoms with Gasteiger partial charge in [-0.25, -0.2) is 4.79 Å². The number of carbonyl (C=O) groups is 1. The summed E-state index contributed by atoms with van der Waals surface area (Å²) in [6.45, 7) is 3.66. The number of aryl methyl sites for hydroxylation is 1. The molecule has 1 N–H and O–H groups in total. The van der Waals surface area contributed by atoms with Crippen LogP contribution in [0, 0.1) is 18.8 Å². The van der Waals surface area contributed by atoms with Gasteiger partial charge in [-0.05, 0) is 26.0 Å². The van der Waals surface area contributed by atoms with Gasteiger partial charge in [0.25, 0.3) is 5.56 Å². The van der Waals surface area contributed by atoms with Gasteiger partial charge in [0.15, 0.2) is 0 Å². The van der Waals surface area contributed by atoms with E-state index in [2.05, 4.69) is 16.8 Å². The smallest absolute Gasteiger partial charge is 0.343 e. The van der Waals surface area contributed by atoms with Crippen LogP contribution in [-0.4, -0.2) is 17.6 Å². The van der Waals surface area contributed by atoms with Crippen LogP contribution in [0.15, 0.2) is 16.9 Å². The van der Waals surface area contributed by atoms with Gasteiger partial charge in [-0.2, -0.15) is 0 Å². The number of carbonyl (C=O) groups excluding carboxylic acids is 1. The largest absolute Gasteiger partial charge is 0.461 e. The summed E-state index contributed by atoms with van der Waals surface area (Å²) in [5.74, 6) is 4.84. The molecule has 1 heterocycles. The lowest BCUT2D eigenvalue weighted by molar-refractivity contribution is 0.0511. The van der Waals surface area contributed by atoms with Crippen LogP contribution >= 0.6 is 0 Å². The summed E-state index contributed by atoms with van der Waals surface area (Å²) in [5.41, 5.74) is 0.306. The predicted octanol–water partition coefficient (Wildman–Crippen LogP) is 1.25. The van der Waals surface area contributed by atoms with Gasteiger partial charge in [0, 0.05) is 12.1 Å². The fourth-order valence-electron chi connectivity index (χ4n) is 1.13. The quantitative estimate of drug-likeness (QED) is 0.473. The van der Waals surface area contributed by atoms with Crippen molar-refractivity contribution in [1.29, 1.82) is 0 Å². The van der Waals surface area contributed by atoms with Gasteiger partial charge in [-0.3, -0.25) is 4.79 Å². The summed E-state index contributed by atoms with van der Waals surface area (Å²) in [5, 5.41) is 0. The number of hydrogen-bond acceptors (Lipinski definition) is 3. The molecule has 0 amide bonds. The van der Waals surface area contributed by atoms with E-state index in [9.17, 15) is 9.59 Å². The fourth-order valence-corrected chi connectivity index (χ4v) is 1.13. The van der Waals surface area contributed by atoms with Crippen molar-refractivity contribution in [2.45, 2.75) is 20.3 Å². The Morgan fingerprint density at radius 3 is 2.88 bits per heavy atom. The van der Waals surface area contributed by atoms with Crippen LogP contribution in [0.25, 0.3) is 0 Å². The second-order valence-corrected chi connectivity index (χ2v) is 3.20. The monoisotopic (exact) mass is 219 g/mol. The Kier molecular flexibility index (Phi) is 4.34. The minimum Gasteiger partial charge on any atom is -0.461 e. The van der Waals surface area contributed by atoms with Crippen molar-refractivity contribution < 1.29 is 9.53 Å². The topological polar surface area (TPSA) is 59.2 Å². The first kappa shape index (κ1) is 12.1. The van der Waals surface area contributed by atoms with Crippen LogP contribution < -0.4 is 5.56 Å². The Bertz CT molecular complexity index is 491. The predicted molar refractivity (Wildman–Crippen MR) is 60.1 cm³/mol. The molecule has 0 radical (unpaired) electrons. The molecular formula is C12H13NO3. The average molecular weight is 219 g/mol. The third-order valence-electron chi connectivity index (χ3n) is 1.91. The standard InChI is InChI=1S/C12H13NO3/c1-3-4-5-8-16-12(15)10-7-6-9(2)13-11(10)14/h6-7H,5,8H2,1-2H3,(H,13,14). The lowest BCUT2D eigenvalue weighted by Gasteiger charge is -2.01. The van der Waals surface area contributed by atoms with E-state index in [0.29, 0.717) is 12.1 Å². The molecule has 0 bridgehead atoms. The van der Waals surface area contributed by atoms with Crippen LogP contribution in [0.2, 0.25) is 0 Å². The average Bonchev–Trinajstić information content (AvgIpc) is 2.24. The molecule has 0 aliphatic heterocycles. The number of nitrogens with one attached hydrogen (secondary N) is 1. The highest BCUT2D eigenvalue weighted by Crippen LogP contribution is 1.97. The van der Waals surface area contributed by atoms with Gasteiger partial charge < -0.3 is 9.72 Å². The van der Waals surface area contributed by atoms with E-state index in [-0.39, 0.29) is 12.2 Å². The summed E-state index contributed by atoms with van der Waals surface area (Å²) >= 11 is 0. The van der Waals surface area contributed by atoms with E-state index in [1.807, 2.05) is 0 Å². The molecule has 1 aromatic rings. The normalized spacial score (nSPS) is 9.12. The molecule has 0 fully saturated rings. The number of H-pyrrole nitrogens is 1. The third kappa shape index (κ3) is 3.28. The van der Waals surface area contributed by atoms with Crippen LogP contribution in [0.1, 0.15) is 29.4 Å². The number of esters is 1. The molecule has 84 valence electrons. The summed E-state index contributed by atoms with van der Waals surface area (Å²) in [6.07, 6.45) is 0.478. The molecule has 4 heteroatoms. The highest BCUT2D eigenvalue weighted by Gasteiger charge is 2.10. The van der Waals surface area contributed by atoms with Gasteiger partial charge in [-0.1, -0.05) is 0 Å². The number of rotatable bonds is 3. The molecule has 0 aliphatic carbocycles. The van der Waals surface area contributed by atoms with Crippen LogP contribution in [0.5, 0.6) is 0 Å². The van der Waals surface area contributed by atoms with Crippen LogP contribution in [0.4, 0.5) is 0 Å². The Labute approximate surface area is 93.6 Å². The van der Waals surface area contributed by atoms with Gasteiger partial charge in [0.05, 0.1) is 0 Å². The van der Waals surface area contributed by atoms with Crippen molar-refractivity contribution in [1.82, 2.24) is 4.98 Å². The molecule has 0 atom stereocenters. The molecule has 1 rings (SSSR count). The number of hydrogen-bond donors (Lipinski definition) is 1. The highest BCUT2D eigenvalue weighted by atomic mass is 16.5. The number of aromatic nitrogens is 1. The molecule has 0 aliphatic rings. The molecule has 0 unspecified atom stereocenters. The Hall–Kier alpha value is -2.02. The fraction of sp³-hybridized carbons (Fsp3) is 0.333. The second-order valence-electron chi connectivity index (χ2n) is 3.20. The Balaban J connectivity index is 2.65. The third-order valence-corrected chi connectivity index (χ3v) is 1.91. The molecule has 0 saturated heterocycles. The van der Waals surface area contributed by atoms with Crippen LogP contribution in [-0.2, 0) is 4.74 Å². The SMILES string of the molecule is CC#CCCOC(=O)c1ccc(C)[nH]c1=O. The van der Waals surface area contributed by atoms with Crippen molar-refractivity contribution in [2.24, 2.45) is 0 Å². The zero-order valence-electron chi connectivity index (χ0n) is 9.29. The minimum atomic E-state index is -0.612. The lowest BCUT2D eigenvalue weighted by atomic mass is 10.2. The molecule has 16 heavy (non-hydrogen) atoms. The number of aromatic amines is 1. The zero-order valence-corrected chi connectivity index (χ0v) is 9.29. The van der Waals surface area contributed by atoms with Crippen molar-refractivity contribution in [3.8, 4) is 11.8 Å². The Morgan fingerprint density at radius 2 is 2.25 bits per heavy atom. The van der Waals surface area contributed by atoms with Crippen molar-refractivity contribution >= 4 is 5.97 Å². The van der Waals surface area contributed by atoms with Crippen molar-refractivity contribution in [3.05, 3.63) is 33.7 Å². The van der Waals surface area contributed by atoms with Crippen molar-refractivity contribution in [3.63, 3.8) is 0 Å². The Morgan fingerprint density at radius 1 is 1.50 bits per heavy atom. The maximum Gasteiger partial charge on any atom is 0.343 e. The lowest BCUT2D eigenvalue weighted by Crippen LogP contribution is -2.20. The molecule has 4 nitrogen and oxygen atoms in total. The minimum absolute atomic E-state index is 0.0232. The van der Waals surface area contributed by atoms with Crippen molar-refractivity contribution in [2.75, 3.05) is 6.61 Å². The molecule has 1 aromatic heterocycles. The highest BCUT2D eigenvalue weighted by molar-refractivity contribution is 5.88. The van der Waals surface area contributed by atoms with Gasteiger partial charge in [-0.15, -0.1) is 11.8 Å². The first-order valence-electron chi connectivity index (χ1n) is 4.92. The molecular weight excluding hydrogens is 206 g/mol. The summed E-state index contributed by atoms with van der Waals surface area (Å²) < 4.78 is 4.89. The zero-order chi connectivity index (χ0) is 12.0. The first-order chi connectivity index (χ1) is 7.65. The molecule has 0 saturated carbocycles. The maximum absolute atomic E-state index is 11.4. The number of pyridine rings is 1. The molecule has 0 aromatic carbocycles. The van der Waals surface area contributed by atoms with E-state index >= 15 is 0 Å². The molecule has 0 spiro atoms. The summed E-state index contributed by atoms with van der Waals surface area (Å²) in [6, 6.07) is 3.12. The van der Waals surface area contributed by atoms with E-state index in [0.717, 1.165) is 0 Å². The van der Waals surface area contributed by atoms with E-state index in [1.54, 1.807) is 19.9 Å². The van der Waals surface area contributed by atoms with Gasteiger partial charge in [0.1, 0.15) is 12.2 Å². The van der Waals surface area contributed by atoms with E-state index < -0.39 is 11.5 Å². The summed E-state index contributed by atoms with van der Waals surface area (Å²) in [4.78, 5) is 25.4. The summed E-state index contributed by atoms with van der Waals surface area (Å²) in [7, 11) is 0. The van der Waals surface area contributed by atoms with Gasteiger partial charge in [0.2, 0.25) is 0 Å². The van der Waals surface area contributed by atoms with E-state index in [4.69, 9.17) is 4.74 Å². The van der Waals surface area contributed by atoms with Gasteiger partial charge >= 0.3 is 5.97 Å². The maximum atomic E-state index is 11.4.